The van der Waals surface area contributed by atoms with E-state index in [4.69, 9.17) is 0 Å². The molecule has 2 N–H and O–H groups in total. The molecule has 5 aromatic carbocycles. The summed E-state index contributed by atoms with van der Waals surface area (Å²) in [6, 6.07) is 41.0. The molecule has 1 atom stereocenters. The number of nitrogens with one attached hydrogen (secondary N) is 1. The first-order valence-electron chi connectivity index (χ1n) is 16.7. The summed E-state index contributed by atoms with van der Waals surface area (Å²) in [5, 5.41) is 15.5. The molecule has 9 nitrogen and oxygen atoms in total. The number of anilines is 1. The second-order valence-electron chi connectivity index (χ2n) is 12.8. The van der Waals surface area contributed by atoms with Crippen LogP contribution in [-0.2, 0) is 23.8 Å². The first kappa shape index (κ1) is 33.2. The number of carbonyl (C=O) groups is 1. The molecule has 0 spiro atoms. The molecule has 0 aliphatic heterocycles. The second-order valence-corrected chi connectivity index (χ2v) is 12.8. The number of aryl methyl sites for hydroxylation is 1. The largest absolute Gasteiger partial charge is 0.480 e. The summed E-state index contributed by atoms with van der Waals surface area (Å²) in [4.78, 5) is 47.6. The molecule has 0 saturated heterocycles. The highest BCUT2D eigenvalue weighted by molar-refractivity contribution is 5.91. The van der Waals surface area contributed by atoms with Crippen molar-refractivity contribution in [3.05, 3.63) is 183 Å². The van der Waals surface area contributed by atoms with Gasteiger partial charge in [-0.25, -0.2) is 9.36 Å². The van der Waals surface area contributed by atoms with E-state index in [1.54, 1.807) is 43.6 Å². The molecule has 0 radical (unpaired) electrons. The summed E-state index contributed by atoms with van der Waals surface area (Å²) in [6.07, 6.45) is 1.69. The van der Waals surface area contributed by atoms with Gasteiger partial charge >= 0.3 is 11.7 Å². The highest BCUT2D eigenvalue weighted by Crippen LogP contribution is 2.38. The van der Waals surface area contributed by atoms with Gasteiger partial charge in [0, 0.05) is 38.4 Å². The molecule has 0 bridgehead atoms. The van der Waals surface area contributed by atoms with Gasteiger partial charge in [0.2, 0.25) is 0 Å². The Balaban J connectivity index is 1.38. The molecule has 7 rings (SSSR count). The molecule has 51 heavy (non-hydrogen) atoms. The zero-order valence-electron chi connectivity index (χ0n) is 28.5. The van der Waals surface area contributed by atoms with E-state index in [1.165, 1.54) is 4.57 Å². The Morgan fingerprint density at radius 3 is 1.92 bits per heavy atom. The van der Waals surface area contributed by atoms with Crippen molar-refractivity contribution < 1.29 is 9.90 Å². The zero-order chi connectivity index (χ0) is 35.7. The lowest BCUT2D eigenvalue weighted by Crippen LogP contribution is -2.53. The Kier molecular flexibility index (Phi) is 8.81. The quantitative estimate of drug-likeness (QED) is 0.174. The number of carboxylic acids is 1. The average Bonchev–Trinajstić information content (AvgIpc) is 3.17. The Morgan fingerprint density at radius 2 is 1.37 bits per heavy atom. The van der Waals surface area contributed by atoms with Gasteiger partial charge in [-0.15, -0.1) is 0 Å². The van der Waals surface area contributed by atoms with E-state index in [1.807, 2.05) is 122 Å². The molecule has 0 aliphatic carbocycles. The third-order valence-electron chi connectivity index (χ3n) is 9.58. The molecule has 7 aromatic rings. The van der Waals surface area contributed by atoms with Crippen LogP contribution in [0.4, 0.5) is 5.69 Å². The van der Waals surface area contributed by atoms with Gasteiger partial charge < -0.3 is 10.0 Å². The summed E-state index contributed by atoms with van der Waals surface area (Å²) in [7, 11) is 5.42. The molecule has 0 amide bonds. The fourth-order valence-corrected chi connectivity index (χ4v) is 7.01. The molecule has 0 fully saturated rings. The van der Waals surface area contributed by atoms with Crippen LogP contribution >= 0.6 is 0 Å². The van der Waals surface area contributed by atoms with E-state index in [2.05, 4.69) is 10.3 Å². The highest BCUT2D eigenvalue weighted by atomic mass is 16.4. The molecular formula is C42H37N5O4. The minimum absolute atomic E-state index is 0.0862. The van der Waals surface area contributed by atoms with Crippen molar-refractivity contribution in [2.75, 3.05) is 19.0 Å². The van der Waals surface area contributed by atoms with E-state index >= 15 is 0 Å². The van der Waals surface area contributed by atoms with Crippen LogP contribution < -0.4 is 21.5 Å². The molecule has 2 heterocycles. The number of hydrogen-bond acceptors (Lipinski definition) is 6. The molecule has 0 saturated carbocycles. The number of nitrogens with zero attached hydrogens (tertiary/aromatic N) is 4. The van der Waals surface area contributed by atoms with E-state index in [0.717, 1.165) is 26.9 Å². The van der Waals surface area contributed by atoms with E-state index in [9.17, 15) is 19.5 Å². The average molecular weight is 676 g/mol. The van der Waals surface area contributed by atoms with Crippen LogP contribution in [0.2, 0.25) is 0 Å². The van der Waals surface area contributed by atoms with Crippen molar-refractivity contribution >= 4 is 33.5 Å². The van der Waals surface area contributed by atoms with E-state index in [0.29, 0.717) is 33.1 Å². The van der Waals surface area contributed by atoms with Crippen molar-refractivity contribution in [3.63, 3.8) is 0 Å². The molecular weight excluding hydrogens is 638 g/mol. The minimum atomic E-state index is -1.07. The van der Waals surface area contributed by atoms with Crippen LogP contribution in [-0.4, -0.2) is 45.3 Å². The summed E-state index contributed by atoms with van der Waals surface area (Å²) >= 11 is 0. The lowest BCUT2D eigenvalue weighted by Gasteiger charge is -2.39. The van der Waals surface area contributed by atoms with Crippen molar-refractivity contribution in [1.29, 1.82) is 0 Å². The van der Waals surface area contributed by atoms with Gasteiger partial charge in [-0.2, -0.15) is 0 Å². The second kappa shape index (κ2) is 13.5. The van der Waals surface area contributed by atoms with Crippen LogP contribution in [0.3, 0.4) is 0 Å². The Bertz CT molecular complexity index is 2400. The SMILES string of the molecule is CN(C)c1ccc2c(c1)c(=O)n(-c1ccc(C[C@H](NC(c3ccccc3)(c3ccccc3)c3ccccc3)C(=O)O)c3cccnc13)c(=O)n2C. The number of rotatable bonds is 10. The molecule has 0 unspecified atom stereocenters. The van der Waals surface area contributed by atoms with Crippen LogP contribution in [0.25, 0.3) is 27.5 Å². The van der Waals surface area contributed by atoms with Gasteiger partial charge in [-0.05, 0) is 59.0 Å². The topological polar surface area (TPSA) is 109 Å². The lowest BCUT2D eigenvalue weighted by atomic mass is 9.76. The van der Waals surface area contributed by atoms with Crippen LogP contribution in [0.1, 0.15) is 22.3 Å². The summed E-state index contributed by atoms with van der Waals surface area (Å²) in [6.45, 7) is 0. The fraction of sp³-hybridized carbons (Fsp3) is 0.143. The number of hydrogen-bond donors (Lipinski definition) is 2. The maximum Gasteiger partial charge on any atom is 0.335 e. The number of carboxylic acid groups (broad SMARTS) is 1. The van der Waals surface area contributed by atoms with Gasteiger partial charge in [0.1, 0.15) is 6.04 Å². The van der Waals surface area contributed by atoms with Crippen LogP contribution in [0, 0.1) is 0 Å². The van der Waals surface area contributed by atoms with E-state index in [-0.39, 0.29) is 6.42 Å². The highest BCUT2D eigenvalue weighted by Gasteiger charge is 2.40. The number of aromatic nitrogens is 3. The van der Waals surface area contributed by atoms with Gasteiger partial charge in [0.05, 0.1) is 27.6 Å². The number of aliphatic carboxylic acids is 1. The Hall–Kier alpha value is -6.32. The summed E-state index contributed by atoms with van der Waals surface area (Å²) in [5.74, 6) is -1.03. The normalized spacial score (nSPS) is 12.2. The predicted molar refractivity (Wildman–Crippen MR) is 202 cm³/mol. The van der Waals surface area contributed by atoms with Crippen molar-refractivity contribution in [2.45, 2.75) is 18.0 Å². The number of fused-ring (bicyclic) bond motifs is 2. The Labute approximate surface area is 294 Å². The third kappa shape index (κ3) is 5.87. The van der Waals surface area contributed by atoms with Gasteiger partial charge in [0.15, 0.2) is 0 Å². The predicted octanol–water partition coefficient (Wildman–Crippen LogP) is 5.88. The summed E-state index contributed by atoms with van der Waals surface area (Å²) in [5.41, 5.74) is 3.47. The van der Waals surface area contributed by atoms with E-state index < -0.39 is 28.8 Å². The fourth-order valence-electron chi connectivity index (χ4n) is 7.01. The van der Waals surface area contributed by atoms with Crippen LogP contribution in [0.15, 0.2) is 149 Å². The van der Waals surface area contributed by atoms with Crippen molar-refractivity contribution in [2.24, 2.45) is 7.05 Å². The van der Waals surface area contributed by atoms with Gasteiger partial charge in [-0.3, -0.25) is 24.5 Å². The number of benzene rings is 5. The number of pyridine rings is 1. The van der Waals surface area contributed by atoms with Crippen LogP contribution in [0.5, 0.6) is 0 Å². The monoisotopic (exact) mass is 675 g/mol. The first-order chi connectivity index (χ1) is 24.7. The van der Waals surface area contributed by atoms with Crippen molar-refractivity contribution in [3.8, 4) is 5.69 Å². The maximum absolute atomic E-state index is 14.0. The third-order valence-corrected chi connectivity index (χ3v) is 9.58. The zero-order valence-corrected chi connectivity index (χ0v) is 28.5. The molecule has 2 aromatic heterocycles. The Morgan fingerprint density at radius 1 is 0.784 bits per heavy atom. The molecule has 9 heteroatoms. The van der Waals surface area contributed by atoms with Gasteiger partial charge in [0.25, 0.3) is 5.56 Å². The lowest BCUT2D eigenvalue weighted by molar-refractivity contribution is -0.139. The van der Waals surface area contributed by atoms with Crippen molar-refractivity contribution in [1.82, 2.24) is 19.4 Å². The standard InChI is InChI=1S/C42H37N5O4/c1-45(2)32-22-24-36-34(27-32)39(48)47(41(51)46(36)3)37-23-21-28(33-20-13-25-43-38(33)37)26-35(40(49)50)44-42(29-14-7-4-8-15-29,30-16-9-5-10-17-30)31-18-11-6-12-19-31/h4-25,27,35,44H,26H2,1-3H3,(H,49,50)/t35-/m0/s1. The smallest absolute Gasteiger partial charge is 0.335 e. The maximum atomic E-state index is 14.0. The van der Waals surface area contributed by atoms with Gasteiger partial charge in [-0.1, -0.05) is 103 Å². The summed E-state index contributed by atoms with van der Waals surface area (Å²) < 4.78 is 2.61. The molecule has 254 valence electrons. The molecule has 0 aliphatic rings. The first-order valence-corrected chi connectivity index (χ1v) is 16.7. The minimum Gasteiger partial charge on any atom is -0.480 e.